The van der Waals surface area contributed by atoms with Gasteiger partial charge in [-0.3, -0.25) is 9.59 Å². The molecule has 3 N–H and O–H groups in total. The third-order valence-electron chi connectivity index (χ3n) is 4.64. The van der Waals surface area contributed by atoms with Gasteiger partial charge in [0.05, 0.1) is 5.41 Å². The van der Waals surface area contributed by atoms with E-state index in [2.05, 4.69) is 5.32 Å². The second-order valence-electron chi connectivity index (χ2n) is 6.03. The van der Waals surface area contributed by atoms with Crippen molar-refractivity contribution in [3.05, 3.63) is 0 Å². The van der Waals surface area contributed by atoms with Gasteiger partial charge in [0.15, 0.2) is 0 Å². The number of hydrogen-bond donors (Lipinski definition) is 2. The number of likely N-dealkylation sites (tertiary alicyclic amines) is 1. The Labute approximate surface area is 114 Å². The Morgan fingerprint density at radius 3 is 2.68 bits per heavy atom. The monoisotopic (exact) mass is 267 g/mol. The molecule has 1 aliphatic heterocycles. The van der Waals surface area contributed by atoms with Crippen LogP contribution in [0, 0.1) is 5.41 Å². The van der Waals surface area contributed by atoms with Crippen LogP contribution in [0.15, 0.2) is 0 Å². The van der Waals surface area contributed by atoms with Gasteiger partial charge in [0.2, 0.25) is 11.8 Å². The molecule has 5 heteroatoms. The summed E-state index contributed by atoms with van der Waals surface area (Å²) in [6.07, 6.45) is 6.46. The van der Waals surface area contributed by atoms with Gasteiger partial charge in [-0.2, -0.15) is 0 Å². The summed E-state index contributed by atoms with van der Waals surface area (Å²) < 4.78 is 0. The molecule has 1 atom stereocenters. The van der Waals surface area contributed by atoms with Crippen molar-refractivity contribution in [2.75, 3.05) is 20.1 Å². The fourth-order valence-electron chi connectivity index (χ4n) is 3.22. The molecule has 0 aromatic rings. The van der Waals surface area contributed by atoms with Gasteiger partial charge in [-0.05, 0) is 19.3 Å². The van der Waals surface area contributed by atoms with Gasteiger partial charge in [-0.15, -0.1) is 0 Å². The van der Waals surface area contributed by atoms with Crippen molar-refractivity contribution in [1.82, 2.24) is 10.2 Å². The predicted molar refractivity (Wildman–Crippen MR) is 73.4 cm³/mol. The van der Waals surface area contributed by atoms with Gasteiger partial charge < -0.3 is 16.0 Å². The largest absolute Gasteiger partial charge is 0.351 e. The number of amides is 2. The van der Waals surface area contributed by atoms with E-state index in [1.165, 1.54) is 6.42 Å². The molecule has 0 radical (unpaired) electrons. The summed E-state index contributed by atoms with van der Waals surface area (Å²) in [5, 5.41) is 3.12. The number of likely N-dealkylation sites (N-methyl/N-ethyl adjacent to an activating group) is 1. The molecule has 2 rings (SSSR count). The topological polar surface area (TPSA) is 75.4 Å². The summed E-state index contributed by atoms with van der Waals surface area (Å²) >= 11 is 0. The number of nitrogens with zero attached hydrogens (tertiary/aromatic N) is 1. The van der Waals surface area contributed by atoms with E-state index >= 15 is 0 Å². The van der Waals surface area contributed by atoms with Gasteiger partial charge in [-0.25, -0.2) is 0 Å². The highest BCUT2D eigenvalue weighted by molar-refractivity contribution is 5.84. The maximum Gasteiger partial charge on any atom is 0.227 e. The highest BCUT2D eigenvalue weighted by Gasteiger charge is 2.39. The van der Waals surface area contributed by atoms with E-state index in [0.29, 0.717) is 19.5 Å². The molecule has 5 nitrogen and oxygen atoms in total. The van der Waals surface area contributed by atoms with E-state index in [9.17, 15) is 9.59 Å². The quantitative estimate of drug-likeness (QED) is 0.787. The Morgan fingerprint density at radius 1 is 1.42 bits per heavy atom. The number of piperidine rings is 1. The van der Waals surface area contributed by atoms with Crippen molar-refractivity contribution in [2.24, 2.45) is 11.1 Å². The van der Waals surface area contributed by atoms with E-state index in [0.717, 1.165) is 32.1 Å². The molecule has 1 heterocycles. The van der Waals surface area contributed by atoms with Crippen LogP contribution in [-0.2, 0) is 9.59 Å². The van der Waals surface area contributed by atoms with Crippen molar-refractivity contribution in [1.29, 1.82) is 0 Å². The smallest absolute Gasteiger partial charge is 0.227 e. The standard InChI is InChI=1S/C14H25N3O2/c1-17-9-11(5-6-12(17)18)16-13(19)14(10-15)7-3-2-4-8-14/h11H,2-10,15H2,1H3,(H,16,19). The van der Waals surface area contributed by atoms with Crippen molar-refractivity contribution < 1.29 is 9.59 Å². The number of carbonyl (C=O) groups is 2. The molecule has 108 valence electrons. The summed E-state index contributed by atoms with van der Waals surface area (Å²) in [5.41, 5.74) is 5.51. The predicted octanol–water partition coefficient (Wildman–Crippen LogP) is 0.633. The van der Waals surface area contributed by atoms with E-state index in [1.54, 1.807) is 11.9 Å². The van der Waals surface area contributed by atoms with Crippen LogP contribution in [0.2, 0.25) is 0 Å². The van der Waals surface area contributed by atoms with Crippen molar-refractivity contribution in [3.63, 3.8) is 0 Å². The summed E-state index contributed by atoms with van der Waals surface area (Å²) in [4.78, 5) is 25.7. The first-order chi connectivity index (χ1) is 9.07. The molecular weight excluding hydrogens is 242 g/mol. The van der Waals surface area contributed by atoms with Crippen LogP contribution in [0.3, 0.4) is 0 Å². The lowest BCUT2D eigenvalue weighted by atomic mass is 9.73. The normalized spacial score (nSPS) is 27.2. The van der Waals surface area contributed by atoms with Gasteiger partial charge in [0, 0.05) is 32.6 Å². The van der Waals surface area contributed by atoms with Crippen LogP contribution in [0.25, 0.3) is 0 Å². The molecule has 1 aliphatic carbocycles. The third-order valence-corrected chi connectivity index (χ3v) is 4.64. The zero-order chi connectivity index (χ0) is 13.9. The average molecular weight is 267 g/mol. The summed E-state index contributed by atoms with van der Waals surface area (Å²) in [6.45, 7) is 1.05. The molecule has 0 bridgehead atoms. The molecule has 0 aromatic heterocycles. The van der Waals surface area contributed by atoms with Crippen LogP contribution >= 0.6 is 0 Å². The number of carbonyl (C=O) groups excluding carboxylic acids is 2. The van der Waals surface area contributed by atoms with Crippen LogP contribution in [0.1, 0.15) is 44.9 Å². The van der Waals surface area contributed by atoms with E-state index in [4.69, 9.17) is 5.73 Å². The maximum atomic E-state index is 12.5. The zero-order valence-electron chi connectivity index (χ0n) is 11.8. The summed E-state index contributed by atoms with van der Waals surface area (Å²) in [7, 11) is 1.79. The van der Waals surface area contributed by atoms with Gasteiger partial charge in [0.1, 0.15) is 0 Å². The summed E-state index contributed by atoms with van der Waals surface area (Å²) in [6, 6.07) is 0.0838. The minimum Gasteiger partial charge on any atom is -0.351 e. The first kappa shape index (κ1) is 14.3. The molecule has 0 aromatic carbocycles. The molecular formula is C14H25N3O2. The third kappa shape index (κ3) is 3.08. The first-order valence-electron chi connectivity index (χ1n) is 7.32. The second kappa shape index (κ2) is 5.90. The van der Waals surface area contributed by atoms with Gasteiger partial charge in [-0.1, -0.05) is 19.3 Å². The highest BCUT2D eigenvalue weighted by atomic mass is 16.2. The minimum atomic E-state index is -0.363. The molecule has 1 unspecified atom stereocenters. The lowest BCUT2D eigenvalue weighted by Crippen LogP contribution is -2.54. The molecule has 2 fully saturated rings. The van der Waals surface area contributed by atoms with Crippen LogP contribution in [0.4, 0.5) is 0 Å². The van der Waals surface area contributed by atoms with Gasteiger partial charge >= 0.3 is 0 Å². The Kier molecular flexibility index (Phi) is 4.45. The highest BCUT2D eigenvalue weighted by Crippen LogP contribution is 2.35. The van der Waals surface area contributed by atoms with Crippen LogP contribution < -0.4 is 11.1 Å². The zero-order valence-corrected chi connectivity index (χ0v) is 11.8. The van der Waals surface area contributed by atoms with Crippen molar-refractivity contribution in [3.8, 4) is 0 Å². The Bertz CT molecular complexity index is 351. The Balaban J connectivity index is 1.94. The molecule has 1 saturated heterocycles. The lowest BCUT2D eigenvalue weighted by molar-refractivity contribution is -0.137. The van der Waals surface area contributed by atoms with E-state index in [-0.39, 0.29) is 23.3 Å². The maximum absolute atomic E-state index is 12.5. The molecule has 2 amide bonds. The molecule has 19 heavy (non-hydrogen) atoms. The average Bonchev–Trinajstić information content (AvgIpc) is 2.43. The Hall–Kier alpha value is -1.10. The van der Waals surface area contributed by atoms with Crippen LogP contribution in [0.5, 0.6) is 0 Å². The molecule has 2 aliphatic rings. The second-order valence-corrected chi connectivity index (χ2v) is 6.03. The number of rotatable bonds is 3. The van der Waals surface area contributed by atoms with Crippen LogP contribution in [-0.4, -0.2) is 42.9 Å². The number of nitrogens with one attached hydrogen (secondary N) is 1. The summed E-state index contributed by atoms with van der Waals surface area (Å²) in [5.74, 6) is 0.263. The van der Waals surface area contributed by atoms with Gasteiger partial charge in [0.25, 0.3) is 0 Å². The van der Waals surface area contributed by atoms with Crippen molar-refractivity contribution >= 4 is 11.8 Å². The SMILES string of the molecule is CN1CC(NC(=O)C2(CN)CCCCC2)CCC1=O. The fourth-order valence-corrected chi connectivity index (χ4v) is 3.22. The number of hydrogen-bond acceptors (Lipinski definition) is 3. The first-order valence-corrected chi connectivity index (χ1v) is 7.32. The lowest BCUT2D eigenvalue weighted by Gasteiger charge is -2.37. The fraction of sp³-hybridized carbons (Fsp3) is 0.857. The van der Waals surface area contributed by atoms with Crippen molar-refractivity contribution in [2.45, 2.75) is 51.0 Å². The minimum absolute atomic E-state index is 0.0838. The Morgan fingerprint density at radius 2 is 2.11 bits per heavy atom. The molecule has 0 spiro atoms. The molecule has 1 saturated carbocycles. The van der Waals surface area contributed by atoms with E-state index < -0.39 is 0 Å². The van der Waals surface area contributed by atoms with E-state index in [1.807, 2.05) is 0 Å². The number of nitrogens with two attached hydrogens (primary N) is 1.